The Hall–Kier alpha value is -3.92. The molecule has 3 aromatic rings. The number of hydrogen-bond acceptors (Lipinski definition) is 8. The molecule has 0 spiro atoms. The van der Waals surface area contributed by atoms with Gasteiger partial charge in [0.2, 0.25) is 0 Å². The van der Waals surface area contributed by atoms with Gasteiger partial charge < -0.3 is 19.7 Å². The number of benzene rings is 2. The Morgan fingerprint density at radius 1 is 1.12 bits per heavy atom. The van der Waals surface area contributed by atoms with Crippen molar-refractivity contribution in [2.24, 2.45) is 4.99 Å². The lowest BCUT2D eigenvalue weighted by Gasteiger charge is -2.25. The van der Waals surface area contributed by atoms with Gasteiger partial charge in [-0.05, 0) is 56.3 Å². The van der Waals surface area contributed by atoms with E-state index < -0.39 is 0 Å². The van der Waals surface area contributed by atoms with Crippen LogP contribution in [0.4, 0.5) is 11.4 Å². The summed E-state index contributed by atoms with van der Waals surface area (Å²) in [4.78, 5) is 45.1. The number of hydrogen-bond donors (Lipinski definition) is 1. The molecule has 0 saturated heterocycles. The molecule has 5 rings (SSSR count). The van der Waals surface area contributed by atoms with E-state index in [-0.39, 0.29) is 24.1 Å². The van der Waals surface area contributed by atoms with E-state index in [0.717, 1.165) is 5.69 Å². The van der Waals surface area contributed by atoms with Crippen molar-refractivity contribution in [1.29, 1.82) is 0 Å². The number of esters is 1. The number of aromatic nitrogens is 1. The van der Waals surface area contributed by atoms with Crippen LogP contribution in [0, 0.1) is 0 Å². The third kappa shape index (κ3) is 3.75. The molecular formula is C24H22N4O5S. The fourth-order valence-electron chi connectivity index (χ4n) is 3.98. The van der Waals surface area contributed by atoms with Crippen LogP contribution in [0.5, 0.6) is 5.75 Å². The summed E-state index contributed by atoms with van der Waals surface area (Å²) in [7, 11) is 0. The number of nitrogens with zero attached hydrogens (tertiary/aromatic N) is 3. The van der Waals surface area contributed by atoms with Crippen molar-refractivity contribution in [1.82, 2.24) is 4.57 Å². The van der Waals surface area contributed by atoms with Gasteiger partial charge in [-0.25, -0.2) is 9.79 Å². The molecule has 0 unspecified atom stereocenters. The highest BCUT2D eigenvalue weighted by Crippen LogP contribution is 2.33. The van der Waals surface area contributed by atoms with Gasteiger partial charge >= 0.3 is 5.97 Å². The lowest BCUT2D eigenvalue weighted by atomic mass is 10.1. The Morgan fingerprint density at radius 3 is 2.65 bits per heavy atom. The van der Waals surface area contributed by atoms with E-state index in [4.69, 9.17) is 9.47 Å². The summed E-state index contributed by atoms with van der Waals surface area (Å²) in [5, 5.41) is 2.83. The van der Waals surface area contributed by atoms with Crippen molar-refractivity contribution >= 4 is 40.2 Å². The minimum absolute atomic E-state index is 0.267. The molecule has 34 heavy (non-hydrogen) atoms. The number of thiazole rings is 1. The maximum Gasteiger partial charge on any atom is 0.338 e. The van der Waals surface area contributed by atoms with Crippen LogP contribution in [-0.2, 0) is 16.2 Å². The first-order chi connectivity index (χ1) is 16.5. The zero-order valence-corrected chi connectivity index (χ0v) is 19.5. The van der Waals surface area contributed by atoms with Crippen molar-refractivity contribution in [3.8, 4) is 5.75 Å². The van der Waals surface area contributed by atoms with E-state index in [1.165, 1.54) is 11.3 Å². The van der Waals surface area contributed by atoms with Crippen LogP contribution in [-0.4, -0.2) is 36.3 Å². The first-order valence-corrected chi connectivity index (χ1v) is 11.7. The smallest absolute Gasteiger partial charge is 0.338 e. The molecule has 1 amide bonds. The second-order valence-corrected chi connectivity index (χ2v) is 8.64. The van der Waals surface area contributed by atoms with Crippen LogP contribution in [0.1, 0.15) is 29.8 Å². The van der Waals surface area contributed by atoms with Gasteiger partial charge in [-0.3, -0.25) is 14.2 Å². The van der Waals surface area contributed by atoms with Crippen LogP contribution < -0.4 is 29.8 Å². The monoisotopic (exact) mass is 478 g/mol. The molecule has 2 aliphatic rings. The molecule has 0 saturated carbocycles. The Balaban J connectivity index is 1.51. The summed E-state index contributed by atoms with van der Waals surface area (Å²) >= 11 is 1.21. The average molecular weight is 479 g/mol. The molecule has 3 heterocycles. The Labute approximate surface area is 198 Å². The maximum absolute atomic E-state index is 13.4. The lowest BCUT2D eigenvalue weighted by molar-refractivity contribution is -0.110. The van der Waals surface area contributed by atoms with Crippen molar-refractivity contribution in [2.45, 2.75) is 20.5 Å². The summed E-state index contributed by atoms with van der Waals surface area (Å²) in [5.74, 6) is -0.0526. The topological polar surface area (TPSA) is 102 Å². The number of rotatable bonds is 5. The molecule has 0 fully saturated rings. The zero-order valence-electron chi connectivity index (χ0n) is 18.7. The van der Waals surface area contributed by atoms with E-state index in [9.17, 15) is 14.4 Å². The molecular weight excluding hydrogens is 456 g/mol. The number of carbonyl (C=O) groups excluding carboxylic acids is 2. The third-order valence-electron chi connectivity index (χ3n) is 5.57. The van der Waals surface area contributed by atoms with Crippen LogP contribution >= 0.6 is 11.3 Å². The molecule has 0 radical (unpaired) electrons. The summed E-state index contributed by atoms with van der Waals surface area (Å²) < 4.78 is 12.5. The summed E-state index contributed by atoms with van der Waals surface area (Å²) in [5.41, 5.74) is 2.66. The van der Waals surface area contributed by atoms with Gasteiger partial charge in [0.25, 0.3) is 11.5 Å². The molecule has 0 atom stereocenters. The fraction of sp³-hybridized carbons (Fsp3) is 0.250. The first-order valence-electron chi connectivity index (χ1n) is 10.9. The van der Waals surface area contributed by atoms with Gasteiger partial charge in [0.05, 0.1) is 24.4 Å². The normalized spacial score (nSPS) is 15.8. The van der Waals surface area contributed by atoms with Gasteiger partial charge in [-0.2, -0.15) is 0 Å². The van der Waals surface area contributed by atoms with Crippen molar-refractivity contribution in [3.05, 3.63) is 73.3 Å². The summed E-state index contributed by atoms with van der Waals surface area (Å²) in [6.45, 7) is 5.10. The molecule has 0 aliphatic carbocycles. The highest BCUT2D eigenvalue weighted by atomic mass is 32.1. The highest BCUT2D eigenvalue weighted by Gasteiger charge is 2.28. The molecule has 10 heteroatoms. The van der Waals surface area contributed by atoms with Gasteiger partial charge in [0.1, 0.15) is 23.6 Å². The summed E-state index contributed by atoms with van der Waals surface area (Å²) in [6, 6.07) is 12.3. The predicted molar refractivity (Wildman–Crippen MR) is 128 cm³/mol. The first kappa shape index (κ1) is 21.9. The van der Waals surface area contributed by atoms with Crippen LogP contribution in [0.15, 0.2) is 52.3 Å². The zero-order chi connectivity index (χ0) is 23.8. The minimum atomic E-state index is -0.377. The van der Waals surface area contributed by atoms with Crippen LogP contribution in [0.2, 0.25) is 0 Å². The van der Waals surface area contributed by atoms with E-state index in [1.807, 2.05) is 11.8 Å². The number of fused-ring (bicyclic) bond motifs is 2. The van der Waals surface area contributed by atoms with Gasteiger partial charge in [0.15, 0.2) is 4.80 Å². The largest absolute Gasteiger partial charge is 0.494 e. The molecule has 2 aromatic carbocycles. The van der Waals surface area contributed by atoms with Gasteiger partial charge in [-0.15, -0.1) is 0 Å². The second kappa shape index (κ2) is 8.79. The third-order valence-corrected chi connectivity index (χ3v) is 6.68. The number of nitrogens with one attached hydrogen (secondary N) is 1. The SMILES string of the molecule is CCOC(=O)c1ccc(N2CN=c3sc(=C4C(=O)Nc5ccc(OCC)cc54)c(=O)n3C2)cc1. The summed E-state index contributed by atoms with van der Waals surface area (Å²) in [6.07, 6.45) is 0. The molecule has 0 bridgehead atoms. The minimum Gasteiger partial charge on any atom is -0.494 e. The number of carbonyl (C=O) groups is 2. The molecule has 9 nitrogen and oxygen atoms in total. The van der Waals surface area contributed by atoms with E-state index in [0.29, 0.717) is 57.4 Å². The van der Waals surface area contributed by atoms with E-state index in [2.05, 4.69) is 10.3 Å². The fourth-order valence-corrected chi connectivity index (χ4v) is 5.03. The van der Waals surface area contributed by atoms with Gasteiger partial charge in [0, 0.05) is 16.9 Å². The Morgan fingerprint density at radius 2 is 1.91 bits per heavy atom. The van der Waals surface area contributed by atoms with Crippen molar-refractivity contribution in [3.63, 3.8) is 0 Å². The van der Waals surface area contributed by atoms with Crippen LogP contribution in [0.25, 0.3) is 5.57 Å². The Bertz CT molecular complexity index is 1470. The average Bonchev–Trinajstić information content (AvgIpc) is 3.34. The molecule has 174 valence electrons. The maximum atomic E-state index is 13.4. The number of anilines is 2. The number of amides is 1. The lowest BCUT2D eigenvalue weighted by Crippen LogP contribution is -2.43. The van der Waals surface area contributed by atoms with Crippen LogP contribution in [0.3, 0.4) is 0 Å². The molecule has 1 aromatic heterocycles. The highest BCUT2D eigenvalue weighted by molar-refractivity contribution is 7.07. The standard InChI is InChI=1S/C24H22N4O5S/c1-3-32-16-9-10-18-17(11-16)19(21(29)26-18)20-22(30)28-13-27(12-25-24(28)34-20)15-7-5-14(6-8-15)23(31)33-4-2/h5-11H,3-4,12-13H2,1-2H3,(H,26,29). The molecule has 1 N–H and O–H groups in total. The van der Waals surface area contributed by atoms with Crippen molar-refractivity contribution in [2.75, 3.05) is 30.1 Å². The van der Waals surface area contributed by atoms with E-state index >= 15 is 0 Å². The predicted octanol–water partition coefficient (Wildman–Crippen LogP) is 1.69. The Kier molecular flexibility index (Phi) is 5.66. The van der Waals surface area contributed by atoms with Gasteiger partial charge in [-0.1, -0.05) is 11.3 Å². The molecule has 2 aliphatic heterocycles. The quantitative estimate of drug-likeness (QED) is 0.560. The number of ether oxygens (including phenoxy) is 2. The van der Waals surface area contributed by atoms with E-state index in [1.54, 1.807) is 54.0 Å². The second-order valence-electron chi connectivity index (χ2n) is 7.66. The van der Waals surface area contributed by atoms with Crippen molar-refractivity contribution < 1.29 is 19.1 Å².